The molecule has 2 heterocycles. The third-order valence-electron chi connectivity index (χ3n) is 5.29. The van der Waals surface area contributed by atoms with Crippen molar-refractivity contribution in [1.82, 2.24) is 14.5 Å². The van der Waals surface area contributed by atoms with Crippen LogP contribution in [-0.2, 0) is 6.54 Å². The topological polar surface area (TPSA) is 30.7 Å². The Hall–Kier alpha value is -0.800. The van der Waals surface area contributed by atoms with Crippen molar-refractivity contribution in [1.29, 1.82) is 0 Å². The molecule has 0 atom stereocenters. The fraction of sp³-hybridized carbons (Fsp3) is 0.727. The highest BCUT2D eigenvalue weighted by Crippen LogP contribution is 2.23. The van der Waals surface area contributed by atoms with E-state index in [4.69, 9.17) is 23.2 Å². The molecule has 27 heavy (non-hydrogen) atoms. The number of aromatic nitrogens is 3. The summed E-state index contributed by atoms with van der Waals surface area (Å²) in [5, 5.41) is 0.655. The summed E-state index contributed by atoms with van der Waals surface area (Å²) in [6.45, 7) is 3.25. The van der Waals surface area contributed by atoms with Gasteiger partial charge in [-0.1, -0.05) is 102 Å². The second-order valence-corrected chi connectivity index (χ2v) is 8.32. The normalized spacial score (nSPS) is 11.5. The van der Waals surface area contributed by atoms with Gasteiger partial charge in [-0.3, -0.25) is 0 Å². The Labute approximate surface area is 174 Å². The van der Waals surface area contributed by atoms with Gasteiger partial charge in [-0.05, 0) is 24.1 Å². The molecule has 0 unspecified atom stereocenters. The molecule has 0 amide bonds. The zero-order valence-electron chi connectivity index (χ0n) is 16.9. The summed E-state index contributed by atoms with van der Waals surface area (Å²) < 4.78 is 2.15. The van der Waals surface area contributed by atoms with E-state index in [2.05, 4.69) is 21.5 Å². The molecular weight excluding hydrogens is 377 g/mol. The van der Waals surface area contributed by atoms with Crippen LogP contribution in [0.1, 0.15) is 96.8 Å². The molecule has 0 aliphatic heterocycles. The molecule has 0 fully saturated rings. The highest BCUT2D eigenvalue weighted by molar-refractivity contribution is 6.35. The van der Waals surface area contributed by atoms with Crippen LogP contribution in [0.15, 0.2) is 12.3 Å². The van der Waals surface area contributed by atoms with Crippen molar-refractivity contribution in [2.45, 2.75) is 103 Å². The summed E-state index contributed by atoms with van der Waals surface area (Å²) in [4.78, 5) is 8.28. The van der Waals surface area contributed by atoms with Crippen LogP contribution in [-0.4, -0.2) is 14.5 Å². The lowest BCUT2D eigenvalue weighted by atomic mass is 10.0. The molecular formula is C22H35Cl2N3. The molecule has 5 heteroatoms. The van der Waals surface area contributed by atoms with E-state index in [0.717, 1.165) is 17.6 Å². The lowest BCUT2D eigenvalue weighted by Crippen LogP contribution is -1.98. The molecule has 0 saturated carbocycles. The molecule has 0 radical (unpaired) electrons. The molecule has 2 rings (SSSR count). The first kappa shape index (κ1) is 22.5. The van der Waals surface area contributed by atoms with Crippen LogP contribution >= 0.6 is 23.2 Å². The number of hydrogen-bond acceptors (Lipinski definition) is 2. The van der Waals surface area contributed by atoms with E-state index in [9.17, 15) is 0 Å². The zero-order valence-corrected chi connectivity index (χ0v) is 18.4. The van der Waals surface area contributed by atoms with E-state index in [0.29, 0.717) is 5.15 Å². The molecule has 0 N–H and O–H groups in total. The molecule has 0 aliphatic carbocycles. The van der Waals surface area contributed by atoms with E-state index >= 15 is 0 Å². The number of halogens is 2. The lowest BCUT2D eigenvalue weighted by Gasteiger charge is -2.06. The molecule has 152 valence electrons. The molecule has 0 spiro atoms. The van der Waals surface area contributed by atoms with E-state index in [-0.39, 0.29) is 5.28 Å². The summed E-state index contributed by atoms with van der Waals surface area (Å²) in [5.41, 5.74) is 1.72. The maximum absolute atomic E-state index is 6.22. The second kappa shape index (κ2) is 13.4. The fourth-order valence-corrected chi connectivity index (χ4v) is 4.20. The standard InChI is InChI=1S/C22H35Cl2N3/c1-2-3-4-5-6-7-8-9-10-11-12-13-14-15-17-27-18-16-19-20(27)21(23)26-22(24)25-19/h16,18H,2-15,17H2,1H3. The monoisotopic (exact) mass is 411 g/mol. The Bertz CT molecular complexity index is 654. The first-order valence-corrected chi connectivity index (χ1v) is 11.7. The first-order valence-electron chi connectivity index (χ1n) is 10.9. The van der Waals surface area contributed by atoms with Gasteiger partial charge < -0.3 is 4.57 Å². The highest BCUT2D eigenvalue weighted by atomic mass is 35.5. The quantitative estimate of drug-likeness (QED) is 0.168. The maximum atomic E-state index is 6.22. The maximum Gasteiger partial charge on any atom is 0.224 e. The van der Waals surface area contributed by atoms with Gasteiger partial charge in [-0.25, -0.2) is 9.97 Å². The molecule has 3 nitrogen and oxygen atoms in total. The minimum Gasteiger partial charge on any atom is -0.344 e. The van der Waals surface area contributed by atoms with Gasteiger partial charge in [-0.2, -0.15) is 0 Å². The van der Waals surface area contributed by atoms with Crippen LogP contribution in [0.5, 0.6) is 0 Å². The molecule has 2 aromatic heterocycles. The minimum atomic E-state index is 0.210. The Morgan fingerprint density at radius 1 is 0.741 bits per heavy atom. The van der Waals surface area contributed by atoms with Gasteiger partial charge >= 0.3 is 0 Å². The van der Waals surface area contributed by atoms with Crippen LogP contribution < -0.4 is 0 Å². The third kappa shape index (κ3) is 8.39. The van der Waals surface area contributed by atoms with Crippen LogP contribution in [0.25, 0.3) is 11.0 Å². The van der Waals surface area contributed by atoms with Gasteiger partial charge in [0.1, 0.15) is 5.52 Å². The van der Waals surface area contributed by atoms with Gasteiger partial charge in [0.05, 0.1) is 5.52 Å². The predicted molar refractivity (Wildman–Crippen MR) is 118 cm³/mol. The number of fused-ring (bicyclic) bond motifs is 1. The van der Waals surface area contributed by atoms with E-state index in [1.54, 1.807) is 0 Å². The molecule has 0 bridgehead atoms. The van der Waals surface area contributed by atoms with Gasteiger partial charge in [0.2, 0.25) is 5.28 Å². The second-order valence-electron chi connectivity index (χ2n) is 7.62. The summed E-state index contributed by atoms with van der Waals surface area (Å²) in [7, 11) is 0. The number of rotatable bonds is 15. The van der Waals surface area contributed by atoms with E-state index in [1.807, 2.05) is 12.3 Å². The van der Waals surface area contributed by atoms with Crippen LogP contribution in [0.2, 0.25) is 10.4 Å². The summed E-state index contributed by atoms with van der Waals surface area (Å²) in [6.07, 6.45) is 21.3. The highest BCUT2D eigenvalue weighted by Gasteiger charge is 2.09. The fourth-order valence-electron chi connectivity index (χ4n) is 3.70. The van der Waals surface area contributed by atoms with Crippen molar-refractivity contribution in [3.63, 3.8) is 0 Å². The average Bonchev–Trinajstić information content (AvgIpc) is 3.05. The Balaban J connectivity index is 1.46. The molecule has 0 aromatic carbocycles. The summed E-state index contributed by atoms with van der Waals surface area (Å²) in [6, 6.07) is 1.96. The molecule has 0 saturated heterocycles. The number of unbranched alkanes of at least 4 members (excludes halogenated alkanes) is 13. The van der Waals surface area contributed by atoms with Gasteiger partial charge in [0.25, 0.3) is 0 Å². The SMILES string of the molecule is CCCCCCCCCCCCCCCCn1ccc2nc(Cl)nc(Cl)c21. The van der Waals surface area contributed by atoms with Crippen molar-refractivity contribution < 1.29 is 0 Å². The van der Waals surface area contributed by atoms with Crippen LogP contribution in [0, 0.1) is 0 Å². The Morgan fingerprint density at radius 3 is 1.81 bits per heavy atom. The largest absolute Gasteiger partial charge is 0.344 e. The van der Waals surface area contributed by atoms with Gasteiger partial charge in [0, 0.05) is 12.7 Å². The van der Waals surface area contributed by atoms with Crippen molar-refractivity contribution in [2.24, 2.45) is 0 Å². The molecule has 2 aromatic rings. The van der Waals surface area contributed by atoms with Crippen LogP contribution in [0.4, 0.5) is 0 Å². The van der Waals surface area contributed by atoms with E-state index in [1.165, 1.54) is 89.9 Å². The third-order valence-corrected chi connectivity index (χ3v) is 5.73. The Kier molecular flexibility index (Phi) is 11.2. The summed E-state index contributed by atoms with van der Waals surface area (Å²) >= 11 is 12.1. The first-order chi connectivity index (χ1) is 13.2. The number of hydrogen-bond donors (Lipinski definition) is 0. The van der Waals surface area contributed by atoms with Crippen molar-refractivity contribution in [3.05, 3.63) is 22.7 Å². The number of aryl methyl sites for hydroxylation is 1. The van der Waals surface area contributed by atoms with Crippen molar-refractivity contribution in [3.8, 4) is 0 Å². The van der Waals surface area contributed by atoms with Crippen molar-refractivity contribution in [2.75, 3.05) is 0 Å². The summed E-state index contributed by atoms with van der Waals surface area (Å²) in [5.74, 6) is 0. The smallest absolute Gasteiger partial charge is 0.224 e. The van der Waals surface area contributed by atoms with Crippen LogP contribution in [0.3, 0.4) is 0 Å². The van der Waals surface area contributed by atoms with Gasteiger partial charge in [-0.15, -0.1) is 0 Å². The lowest BCUT2D eigenvalue weighted by molar-refractivity contribution is 0.526. The average molecular weight is 412 g/mol. The predicted octanol–water partition coefficient (Wildman–Crippen LogP) is 8.22. The zero-order chi connectivity index (χ0) is 19.3. The molecule has 0 aliphatic rings. The Morgan fingerprint density at radius 2 is 1.26 bits per heavy atom. The van der Waals surface area contributed by atoms with Gasteiger partial charge in [0.15, 0.2) is 5.15 Å². The van der Waals surface area contributed by atoms with Crippen molar-refractivity contribution >= 4 is 34.2 Å². The minimum absolute atomic E-state index is 0.210. The van der Waals surface area contributed by atoms with E-state index < -0.39 is 0 Å². The number of nitrogens with zero attached hydrogens (tertiary/aromatic N) is 3.